The molecule has 0 amide bonds. The summed E-state index contributed by atoms with van der Waals surface area (Å²) < 4.78 is 5.19. The number of ketones is 1. The summed E-state index contributed by atoms with van der Waals surface area (Å²) in [6.45, 7) is 1.65. The molecular formula is C9H15NO2. The number of hydrogen-bond acceptors (Lipinski definition) is 3. The van der Waals surface area contributed by atoms with Crippen LogP contribution in [0.15, 0.2) is 0 Å². The van der Waals surface area contributed by atoms with Crippen molar-refractivity contribution in [3.8, 4) is 0 Å². The Labute approximate surface area is 72.7 Å². The molecule has 2 aliphatic rings. The van der Waals surface area contributed by atoms with Gasteiger partial charge in [0.1, 0.15) is 5.78 Å². The molecule has 2 fully saturated rings. The van der Waals surface area contributed by atoms with Crippen molar-refractivity contribution in [2.24, 2.45) is 0 Å². The second-order valence-corrected chi connectivity index (χ2v) is 3.74. The molecule has 0 atom stereocenters. The van der Waals surface area contributed by atoms with Gasteiger partial charge in [-0.3, -0.25) is 9.69 Å². The number of Topliss-reactive ketones (excluding diaryl/α,β-unsaturated/α-hetero) is 1. The van der Waals surface area contributed by atoms with Crippen LogP contribution in [0.5, 0.6) is 0 Å². The maximum Gasteiger partial charge on any atom is 0.148 e. The van der Waals surface area contributed by atoms with Crippen LogP contribution in [-0.2, 0) is 9.53 Å². The molecule has 0 unspecified atom stereocenters. The zero-order chi connectivity index (χ0) is 8.55. The van der Waals surface area contributed by atoms with E-state index in [1.807, 2.05) is 0 Å². The van der Waals surface area contributed by atoms with E-state index in [4.69, 9.17) is 4.74 Å². The maximum atomic E-state index is 11.0. The van der Waals surface area contributed by atoms with E-state index in [-0.39, 0.29) is 0 Å². The van der Waals surface area contributed by atoms with E-state index < -0.39 is 0 Å². The molecule has 3 nitrogen and oxygen atoms in total. The Balaban J connectivity index is 1.77. The van der Waals surface area contributed by atoms with Crippen molar-refractivity contribution in [3.05, 3.63) is 0 Å². The summed E-state index contributed by atoms with van der Waals surface area (Å²) in [4.78, 5) is 13.3. The lowest BCUT2D eigenvalue weighted by atomic mass is 9.88. The molecule has 0 spiro atoms. The normalized spacial score (nSPS) is 36.9. The zero-order valence-electron chi connectivity index (χ0n) is 7.45. The first-order valence-corrected chi connectivity index (χ1v) is 4.58. The summed E-state index contributed by atoms with van der Waals surface area (Å²) in [6.07, 6.45) is 3.44. The fraction of sp³-hybridized carbons (Fsp3) is 0.889. The van der Waals surface area contributed by atoms with E-state index in [1.54, 1.807) is 7.11 Å². The summed E-state index contributed by atoms with van der Waals surface area (Å²) >= 11 is 0. The molecule has 0 N–H and O–H groups in total. The van der Waals surface area contributed by atoms with E-state index in [2.05, 4.69) is 4.90 Å². The molecule has 1 heterocycles. The van der Waals surface area contributed by atoms with Gasteiger partial charge in [-0.15, -0.1) is 0 Å². The highest BCUT2D eigenvalue weighted by Gasteiger charge is 2.36. The monoisotopic (exact) mass is 169 g/mol. The fourth-order valence-electron chi connectivity index (χ4n) is 1.99. The molecule has 1 saturated carbocycles. The van der Waals surface area contributed by atoms with E-state index in [1.165, 1.54) is 0 Å². The Kier molecular flexibility index (Phi) is 2.15. The number of nitrogens with zero attached hydrogens (tertiary/aromatic N) is 1. The number of likely N-dealkylation sites (tertiary alicyclic amines) is 1. The molecule has 2 rings (SSSR count). The van der Waals surface area contributed by atoms with Crippen molar-refractivity contribution in [2.75, 3.05) is 20.2 Å². The first-order valence-electron chi connectivity index (χ1n) is 4.58. The molecule has 0 aromatic heterocycles. The third-order valence-corrected chi connectivity index (χ3v) is 2.98. The molecule has 12 heavy (non-hydrogen) atoms. The number of rotatable bonds is 2. The minimum absolute atomic E-state index is 0.399. The van der Waals surface area contributed by atoms with Gasteiger partial charge in [-0.25, -0.2) is 0 Å². The molecular weight excluding hydrogens is 154 g/mol. The third-order valence-electron chi connectivity index (χ3n) is 2.98. The topological polar surface area (TPSA) is 29.5 Å². The highest BCUT2D eigenvalue weighted by molar-refractivity contribution is 5.82. The van der Waals surface area contributed by atoms with Gasteiger partial charge in [-0.2, -0.15) is 0 Å². The van der Waals surface area contributed by atoms with Gasteiger partial charge in [0, 0.05) is 26.1 Å². The lowest BCUT2D eigenvalue weighted by molar-refractivity contribution is -0.117. The largest absolute Gasteiger partial charge is 0.381 e. The highest BCUT2D eigenvalue weighted by Crippen LogP contribution is 2.29. The van der Waals surface area contributed by atoms with Crippen LogP contribution in [0, 0.1) is 0 Å². The molecule has 1 saturated heterocycles. The summed E-state index contributed by atoms with van der Waals surface area (Å²) in [5.74, 6) is 0.399. The highest BCUT2D eigenvalue weighted by atomic mass is 16.5. The van der Waals surface area contributed by atoms with Gasteiger partial charge in [-0.05, 0) is 12.8 Å². The van der Waals surface area contributed by atoms with Gasteiger partial charge in [0.2, 0.25) is 0 Å². The molecule has 3 heteroatoms. The van der Waals surface area contributed by atoms with E-state index in [0.29, 0.717) is 24.5 Å². The number of methoxy groups -OCH3 is 1. The average Bonchev–Trinajstić information content (AvgIpc) is 2.34. The van der Waals surface area contributed by atoms with Crippen LogP contribution < -0.4 is 0 Å². The first-order chi connectivity index (χ1) is 5.79. The number of carbonyl (C=O) groups is 1. The van der Waals surface area contributed by atoms with Crippen LogP contribution in [0.4, 0.5) is 0 Å². The van der Waals surface area contributed by atoms with Crippen molar-refractivity contribution in [2.45, 2.75) is 31.4 Å². The molecule has 0 aromatic rings. The van der Waals surface area contributed by atoms with Crippen molar-refractivity contribution < 1.29 is 9.53 Å². The Morgan fingerprint density at radius 1 is 1.50 bits per heavy atom. The molecule has 68 valence electrons. The van der Waals surface area contributed by atoms with E-state index >= 15 is 0 Å². The summed E-state index contributed by atoms with van der Waals surface area (Å²) in [5.41, 5.74) is 0. The van der Waals surface area contributed by atoms with Crippen molar-refractivity contribution in [3.63, 3.8) is 0 Å². The van der Waals surface area contributed by atoms with Crippen LogP contribution in [0.25, 0.3) is 0 Å². The average molecular weight is 169 g/mol. The Bertz CT molecular complexity index is 187. The fourth-order valence-corrected chi connectivity index (χ4v) is 1.99. The van der Waals surface area contributed by atoms with Gasteiger partial charge in [0.25, 0.3) is 0 Å². The SMILES string of the molecule is COC1CC(N2CCC(=O)C2)C1. The number of ether oxygens (including phenoxy) is 1. The van der Waals surface area contributed by atoms with E-state index in [9.17, 15) is 4.79 Å². The summed E-state index contributed by atoms with van der Waals surface area (Å²) in [5, 5.41) is 0. The molecule has 0 radical (unpaired) electrons. The Morgan fingerprint density at radius 2 is 2.25 bits per heavy atom. The Hall–Kier alpha value is -0.410. The van der Waals surface area contributed by atoms with Crippen LogP contribution in [-0.4, -0.2) is 43.0 Å². The molecule has 0 bridgehead atoms. The van der Waals surface area contributed by atoms with Crippen molar-refractivity contribution in [1.82, 2.24) is 4.90 Å². The van der Waals surface area contributed by atoms with Crippen molar-refractivity contribution in [1.29, 1.82) is 0 Å². The first kappa shape index (κ1) is 8.20. The number of carbonyl (C=O) groups excluding carboxylic acids is 1. The zero-order valence-corrected chi connectivity index (χ0v) is 7.45. The smallest absolute Gasteiger partial charge is 0.148 e. The quantitative estimate of drug-likeness (QED) is 0.600. The lowest BCUT2D eigenvalue weighted by Gasteiger charge is -2.39. The molecule has 0 aromatic carbocycles. The van der Waals surface area contributed by atoms with Crippen molar-refractivity contribution >= 4 is 5.78 Å². The van der Waals surface area contributed by atoms with Crippen LogP contribution >= 0.6 is 0 Å². The van der Waals surface area contributed by atoms with Gasteiger partial charge >= 0.3 is 0 Å². The molecule has 1 aliphatic carbocycles. The molecule has 1 aliphatic heterocycles. The standard InChI is InChI=1S/C9H15NO2/c1-12-9-4-7(5-9)10-3-2-8(11)6-10/h7,9H,2-6H2,1H3. The summed E-state index contributed by atoms with van der Waals surface area (Å²) in [7, 11) is 1.76. The lowest BCUT2D eigenvalue weighted by Crippen LogP contribution is -2.46. The van der Waals surface area contributed by atoms with Crippen LogP contribution in [0.3, 0.4) is 0 Å². The minimum atomic E-state index is 0.399. The third kappa shape index (κ3) is 1.39. The second-order valence-electron chi connectivity index (χ2n) is 3.74. The predicted molar refractivity (Wildman–Crippen MR) is 45.0 cm³/mol. The Morgan fingerprint density at radius 3 is 2.75 bits per heavy atom. The maximum absolute atomic E-state index is 11.0. The predicted octanol–water partition coefficient (Wildman–Crippen LogP) is 0.439. The van der Waals surface area contributed by atoms with Crippen LogP contribution in [0.2, 0.25) is 0 Å². The van der Waals surface area contributed by atoms with Gasteiger partial charge in [0.05, 0.1) is 12.6 Å². The van der Waals surface area contributed by atoms with E-state index in [0.717, 1.165) is 25.8 Å². The summed E-state index contributed by atoms with van der Waals surface area (Å²) in [6, 6.07) is 0.626. The minimum Gasteiger partial charge on any atom is -0.381 e. The van der Waals surface area contributed by atoms with Gasteiger partial charge in [-0.1, -0.05) is 0 Å². The second kappa shape index (κ2) is 3.15. The number of hydrogen-bond donors (Lipinski definition) is 0. The van der Waals surface area contributed by atoms with Gasteiger partial charge < -0.3 is 4.74 Å². The van der Waals surface area contributed by atoms with Gasteiger partial charge in [0.15, 0.2) is 0 Å². The van der Waals surface area contributed by atoms with Crippen LogP contribution in [0.1, 0.15) is 19.3 Å².